The number of fused-ring (bicyclic) bond motifs is 1. The van der Waals surface area contributed by atoms with E-state index >= 15 is 0 Å². The van der Waals surface area contributed by atoms with Crippen LogP contribution in [0.4, 0.5) is 10.6 Å². The smallest absolute Gasteiger partial charge is 0.412 e. The van der Waals surface area contributed by atoms with Crippen LogP contribution in [0.3, 0.4) is 0 Å². The van der Waals surface area contributed by atoms with Crippen LogP contribution in [0.15, 0.2) is 18.5 Å². The minimum Gasteiger partial charge on any atom is -0.449 e. The maximum atomic E-state index is 12.1. The van der Waals surface area contributed by atoms with Crippen LogP contribution >= 0.6 is 0 Å². The highest BCUT2D eigenvalue weighted by molar-refractivity contribution is 5.88. The van der Waals surface area contributed by atoms with Crippen LogP contribution in [0.2, 0.25) is 0 Å². The first-order valence-electron chi connectivity index (χ1n) is 10.3. The Balaban J connectivity index is 1.69. The number of aromatic nitrogens is 3. The summed E-state index contributed by atoms with van der Waals surface area (Å²) in [6, 6.07) is 3.34. The molecule has 0 saturated carbocycles. The van der Waals surface area contributed by atoms with Crippen LogP contribution < -0.4 is 5.32 Å². The molecule has 3 heterocycles. The number of ether oxygens (including phenoxy) is 2. The lowest BCUT2D eigenvalue weighted by Gasteiger charge is -2.26. The zero-order valence-corrected chi connectivity index (χ0v) is 17.3. The van der Waals surface area contributed by atoms with E-state index in [4.69, 9.17) is 9.47 Å². The number of anilines is 1. The van der Waals surface area contributed by atoms with E-state index in [2.05, 4.69) is 22.3 Å². The van der Waals surface area contributed by atoms with Crippen LogP contribution in [-0.2, 0) is 9.47 Å². The van der Waals surface area contributed by atoms with Gasteiger partial charge in [-0.1, -0.05) is 32.6 Å². The van der Waals surface area contributed by atoms with E-state index < -0.39 is 36.6 Å². The Morgan fingerprint density at radius 1 is 1.33 bits per heavy atom. The van der Waals surface area contributed by atoms with Gasteiger partial charge >= 0.3 is 6.09 Å². The maximum Gasteiger partial charge on any atom is 0.412 e. The molecule has 2 aromatic rings. The number of nitrogens with zero attached hydrogens (tertiary/aromatic N) is 3. The van der Waals surface area contributed by atoms with Crippen molar-refractivity contribution in [2.24, 2.45) is 0 Å². The quantitative estimate of drug-likeness (QED) is 0.449. The van der Waals surface area contributed by atoms with Crippen molar-refractivity contribution in [3.8, 4) is 0 Å². The molecule has 2 aromatic heterocycles. The van der Waals surface area contributed by atoms with Gasteiger partial charge in [-0.3, -0.25) is 5.32 Å². The van der Waals surface area contributed by atoms with Crippen LogP contribution in [0, 0.1) is 0 Å². The number of nitrogens with one attached hydrogen (secondary N) is 1. The van der Waals surface area contributed by atoms with E-state index in [0.717, 1.165) is 25.7 Å². The van der Waals surface area contributed by atoms with Crippen LogP contribution in [-0.4, -0.2) is 67.0 Å². The van der Waals surface area contributed by atoms with Gasteiger partial charge in [-0.2, -0.15) is 5.10 Å². The van der Waals surface area contributed by atoms with Gasteiger partial charge in [0.05, 0.1) is 18.9 Å². The summed E-state index contributed by atoms with van der Waals surface area (Å²) in [5, 5.41) is 37.1. The second kappa shape index (κ2) is 9.69. The summed E-state index contributed by atoms with van der Waals surface area (Å²) in [6.45, 7) is 3.49. The lowest BCUT2D eigenvalue weighted by atomic mass is 9.91. The fraction of sp³-hybridized carbons (Fsp3) is 0.650. The van der Waals surface area contributed by atoms with Gasteiger partial charge < -0.3 is 24.8 Å². The first kappa shape index (κ1) is 22.4. The second-order valence-electron chi connectivity index (χ2n) is 7.75. The Hall–Kier alpha value is -2.27. The summed E-state index contributed by atoms with van der Waals surface area (Å²) in [4.78, 5) is 16.2. The predicted molar refractivity (Wildman–Crippen MR) is 108 cm³/mol. The van der Waals surface area contributed by atoms with Gasteiger partial charge in [0.2, 0.25) is 0 Å². The molecule has 0 aromatic carbocycles. The third-order valence-corrected chi connectivity index (χ3v) is 5.42. The number of amides is 1. The van der Waals surface area contributed by atoms with Crippen molar-refractivity contribution in [3.05, 3.63) is 24.2 Å². The molecule has 1 fully saturated rings. The van der Waals surface area contributed by atoms with Crippen molar-refractivity contribution in [1.82, 2.24) is 14.6 Å². The molecule has 10 nitrogen and oxygen atoms in total. The lowest BCUT2D eigenvalue weighted by Crippen LogP contribution is -2.43. The third kappa shape index (κ3) is 4.56. The van der Waals surface area contributed by atoms with Crippen LogP contribution in [0.5, 0.6) is 0 Å². The first-order valence-corrected chi connectivity index (χ1v) is 10.3. The maximum absolute atomic E-state index is 12.1. The Morgan fingerprint density at radius 2 is 2.10 bits per heavy atom. The molecule has 10 heteroatoms. The van der Waals surface area contributed by atoms with Gasteiger partial charge in [0.25, 0.3) is 0 Å². The minimum absolute atomic E-state index is 0.254. The molecule has 30 heavy (non-hydrogen) atoms. The number of carbonyl (C=O) groups is 1. The molecule has 1 aliphatic rings. The summed E-state index contributed by atoms with van der Waals surface area (Å²) in [5.74, 6) is 0.254. The average molecular weight is 422 g/mol. The topological polar surface area (TPSA) is 138 Å². The minimum atomic E-state index is -1.63. The molecule has 1 saturated heterocycles. The molecule has 0 bridgehead atoms. The molecule has 1 aliphatic heterocycles. The summed E-state index contributed by atoms with van der Waals surface area (Å²) >= 11 is 0. The van der Waals surface area contributed by atoms with E-state index in [9.17, 15) is 20.1 Å². The molecule has 1 amide bonds. The predicted octanol–water partition coefficient (Wildman–Crippen LogP) is 1.79. The van der Waals surface area contributed by atoms with E-state index in [1.165, 1.54) is 24.2 Å². The molecule has 166 valence electrons. The molecule has 3 rings (SSSR count). The Kier molecular flexibility index (Phi) is 7.24. The van der Waals surface area contributed by atoms with Gasteiger partial charge in [-0.05, 0) is 25.5 Å². The van der Waals surface area contributed by atoms with Gasteiger partial charge in [-0.25, -0.2) is 14.3 Å². The Labute approximate surface area is 174 Å². The van der Waals surface area contributed by atoms with E-state index in [-0.39, 0.29) is 5.82 Å². The SMILES string of the molecule is CCCCCCCOC(=O)Nc1ncnn2c([C@@H]3O[C@H](CO)[C@@H](O)[C@@]3(C)O)ccc12. The monoisotopic (exact) mass is 422 g/mol. The Bertz CT molecular complexity index is 855. The first-order chi connectivity index (χ1) is 14.4. The van der Waals surface area contributed by atoms with Crippen molar-refractivity contribution >= 4 is 17.4 Å². The molecule has 0 spiro atoms. The van der Waals surface area contributed by atoms with Crippen molar-refractivity contribution in [3.63, 3.8) is 0 Å². The summed E-state index contributed by atoms with van der Waals surface area (Å²) < 4.78 is 12.3. The summed E-state index contributed by atoms with van der Waals surface area (Å²) in [6.07, 6.45) is 2.85. The van der Waals surface area contributed by atoms with Crippen molar-refractivity contribution in [1.29, 1.82) is 0 Å². The van der Waals surface area contributed by atoms with Gasteiger partial charge in [-0.15, -0.1) is 0 Å². The second-order valence-corrected chi connectivity index (χ2v) is 7.75. The molecule has 4 atom stereocenters. The van der Waals surface area contributed by atoms with Gasteiger partial charge in [0.15, 0.2) is 5.82 Å². The number of hydrogen-bond donors (Lipinski definition) is 4. The number of carbonyl (C=O) groups excluding carboxylic acids is 1. The number of aliphatic hydroxyl groups is 3. The van der Waals surface area contributed by atoms with E-state index in [1.54, 1.807) is 12.1 Å². The highest BCUT2D eigenvalue weighted by Gasteiger charge is 2.53. The van der Waals surface area contributed by atoms with Crippen molar-refractivity contribution < 1.29 is 29.6 Å². The summed E-state index contributed by atoms with van der Waals surface area (Å²) in [7, 11) is 0. The van der Waals surface area contributed by atoms with E-state index in [0.29, 0.717) is 17.8 Å². The molecule has 0 unspecified atom stereocenters. The fourth-order valence-corrected chi connectivity index (χ4v) is 3.68. The normalized spacial score (nSPS) is 26.2. The number of hydrogen-bond acceptors (Lipinski definition) is 8. The van der Waals surface area contributed by atoms with Gasteiger partial charge in [0.1, 0.15) is 35.8 Å². The third-order valence-electron chi connectivity index (χ3n) is 5.42. The summed E-state index contributed by atoms with van der Waals surface area (Å²) in [5.41, 5.74) is -0.690. The molecule has 0 aliphatic carbocycles. The van der Waals surface area contributed by atoms with E-state index in [1.807, 2.05) is 0 Å². The van der Waals surface area contributed by atoms with Crippen LogP contribution in [0.1, 0.15) is 57.7 Å². The number of unbranched alkanes of at least 4 members (excludes halogenated alkanes) is 4. The molecule has 4 N–H and O–H groups in total. The van der Waals surface area contributed by atoms with Crippen LogP contribution in [0.25, 0.3) is 5.52 Å². The largest absolute Gasteiger partial charge is 0.449 e. The Morgan fingerprint density at radius 3 is 2.80 bits per heavy atom. The zero-order chi connectivity index (χ0) is 21.7. The van der Waals surface area contributed by atoms with Crippen molar-refractivity contribution in [2.45, 2.75) is 69.9 Å². The highest BCUT2D eigenvalue weighted by atomic mass is 16.6. The fourth-order valence-electron chi connectivity index (χ4n) is 3.68. The molecular formula is C20H30N4O6. The number of rotatable bonds is 9. The van der Waals surface area contributed by atoms with Crippen molar-refractivity contribution in [2.75, 3.05) is 18.5 Å². The standard InChI is InChI=1S/C20H30N4O6/c1-3-4-5-6-7-10-29-19(27)23-18-14-9-8-13(24(14)22-12-21-18)17-20(2,28)16(26)15(11-25)30-17/h8-9,12,15-17,25-26,28H,3-7,10-11H2,1-2H3,(H,21,22,23,27)/t15-,16-,17+,20-/m1/s1. The zero-order valence-electron chi connectivity index (χ0n) is 17.3. The lowest BCUT2D eigenvalue weighted by molar-refractivity contribution is -0.0664. The molecule has 0 radical (unpaired) electrons. The number of aliphatic hydroxyl groups excluding tert-OH is 2. The highest BCUT2D eigenvalue weighted by Crippen LogP contribution is 2.42. The molecular weight excluding hydrogens is 392 g/mol. The average Bonchev–Trinajstić information content (AvgIpc) is 3.24. The van der Waals surface area contributed by atoms with Gasteiger partial charge in [0, 0.05) is 0 Å².